The normalized spacial score (nSPS) is 10.7. The molecule has 0 saturated carbocycles. The lowest BCUT2D eigenvalue weighted by atomic mass is 10.2. The summed E-state index contributed by atoms with van der Waals surface area (Å²) in [4.78, 5) is 20.2. The molecule has 0 amide bonds. The van der Waals surface area contributed by atoms with Crippen LogP contribution in [0.4, 0.5) is 17.1 Å². The molecule has 23 heavy (non-hydrogen) atoms. The molecule has 118 valence electrons. The van der Waals surface area contributed by atoms with Crippen molar-refractivity contribution in [3.05, 3.63) is 72.2 Å². The lowest BCUT2D eigenvalue weighted by molar-refractivity contribution is -0.393. The molecule has 0 fully saturated rings. The molecule has 10 heteroatoms. The van der Waals surface area contributed by atoms with Crippen molar-refractivity contribution in [2.45, 2.75) is 0 Å². The van der Waals surface area contributed by atoms with Gasteiger partial charge < -0.3 is 0 Å². The van der Waals surface area contributed by atoms with E-state index in [1.165, 1.54) is 12.3 Å². The van der Waals surface area contributed by atoms with Crippen LogP contribution < -0.4 is 5.43 Å². The van der Waals surface area contributed by atoms with E-state index in [1.54, 1.807) is 18.2 Å². The quantitative estimate of drug-likeness (QED) is 0.489. The molecule has 0 atom stereocenters. The molecule has 8 nitrogen and oxygen atoms in total. The molecule has 2 aromatic rings. The lowest BCUT2D eigenvalue weighted by Gasteiger charge is -2.03. The smallest absolute Gasteiger partial charge is 0.272 e. The monoisotopic (exact) mass is 354 g/mol. The Kier molecular flexibility index (Phi) is 5.09. The van der Waals surface area contributed by atoms with Crippen LogP contribution in [-0.4, -0.2) is 16.1 Å². The van der Waals surface area contributed by atoms with E-state index in [0.29, 0.717) is 10.6 Å². The van der Waals surface area contributed by atoms with Crippen LogP contribution in [0.1, 0.15) is 5.56 Å². The minimum absolute atomic E-state index is 0.00926. The first-order valence-electron chi connectivity index (χ1n) is 6.06. The first-order valence-corrected chi connectivity index (χ1v) is 6.81. The Morgan fingerprint density at radius 1 is 1.09 bits per heavy atom. The number of nitro groups is 2. The second-order valence-electron chi connectivity index (χ2n) is 4.23. The Balaban J connectivity index is 2.26. The van der Waals surface area contributed by atoms with Crippen LogP contribution in [0.25, 0.3) is 0 Å². The summed E-state index contributed by atoms with van der Waals surface area (Å²) in [7, 11) is 0. The second-order valence-corrected chi connectivity index (χ2v) is 5.01. The Labute approximate surface area is 139 Å². The summed E-state index contributed by atoms with van der Waals surface area (Å²) in [6.45, 7) is 0. The van der Waals surface area contributed by atoms with Crippen LogP contribution in [0.3, 0.4) is 0 Å². The fraction of sp³-hybridized carbons (Fsp3) is 0. The predicted molar refractivity (Wildman–Crippen MR) is 87.4 cm³/mol. The fourth-order valence-corrected chi connectivity index (χ4v) is 2.03. The van der Waals surface area contributed by atoms with Gasteiger partial charge in [-0.1, -0.05) is 35.3 Å². The highest BCUT2D eigenvalue weighted by molar-refractivity contribution is 6.43. The van der Waals surface area contributed by atoms with Crippen LogP contribution in [0.5, 0.6) is 0 Å². The summed E-state index contributed by atoms with van der Waals surface area (Å²) in [5.74, 6) is 0. The molecular formula is C13H8Cl2N4O4. The van der Waals surface area contributed by atoms with E-state index < -0.39 is 15.5 Å². The highest BCUT2D eigenvalue weighted by Gasteiger charge is 2.19. The number of non-ortho nitro benzene ring substituents is 1. The number of hydrogen-bond donors (Lipinski definition) is 1. The van der Waals surface area contributed by atoms with Crippen LogP contribution in [0.15, 0.2) is 41.5 Å². The average Bonchev–Trinajstić information content (AvgIpc) is 2.51. The number of rotatable bonds is 5. The molecular weight excluding hydrogens is 347 g/mol. The Morgan fingerprint density at radius 3 is 2.48 bits per heavy atom. The molecule has 0 heterocycles. The minimum atomic E-state index is -0.739. The van der Waals surface area contributed by atoms with Crippen molar-refractivity contribution >= 4 is 46.5 Å². The van der Waals surface area contributed by atoms with Gasteiger partial charge in [0.15, 0.2) is 0 Å². The predicted octanol–water partition coefficient (Wildman–Crippen LogP) is 4.26. The summed E-state index contributed by atoms with van der Waals surface area (Å²) in [6, 6.07) is 8.12. The molecule has 0 aliphatic rings. The topological polar surface area (TPSA) is 111 Å². The average molecular weight is 355 g/mol. The highest BCUT2D eigenvalue weighted by Crippen LogP contribution is 2.29. The molecule has 0 radical (unpaired) electrons. The first-order chi connectivity index (χ1) is 10.9. The zero-order chi connectivity index (χ0) is 17.0. The van der Waals surface area contributed by atoms with Gasteiger partial charge in [-0.2, -0.15) is 5.10 Å². The van der Waals surface area contributed by atoms with Gasteiger partial charge in [-0.15, -0.1) is 0 Å². The van der Waals surface area contributed by atoms with E-state index in [-0.39, 0.29) is 16.4 Å². The summed E-state index contributed by atoms with van der Waals surface area (Å²) in [5, 5.41) is 26.1. The largest absolute Gasteiger partial charge is 0.301 e. The van der Waals surface area contributed by atoms with Crippen LogP contribution in [-0.2, 0) is 0 Å². The number of nitro benzene ring substituents is 2. The van der Waals surface area contributed by atoms with Crippen molar-refractivity contribution in [3.63, 3.8) is 0 Å². The fourth-order valence-electron chi connectivity index (χ4n) is 1.67. The van der Waals surface area contributed by atoms with Gasteiger partial charge in [0.25, 0.3) is 5.69 Å². The number of hydrazone groups is 1. The zero-order valence-corrected chi connectivity index (χ0v) is 12.8. The Hall–Kier alpha value is -2.71. The third kappa shape index (κ3) is 3.93. The van der Waals surface area contributed by atoms with Gasteiger partial charge in [0.2, 0.25) is 0 Å². The van der Waals surface area contributed by atoms with Crippen LogP contribution in [0, 0.1) is 20.2 Å². The summed E-state index contributed by atoms with van der Waals surface area (Å²) >= 11 is 11.8. The molecule has 0 aliphatic heterocycles. The van der Waals surface area contributed by atoms with Crippen molar-refractivity contribution in [3.8, 4) is 0 Å². The molecule has 0 bridgehead atoms. The van der Waals surface area contributed by atoms with E-state index in [0.717, 1.165) is 12.1 Å². The van der Waals surface area contributed by atoms with Crippen molar-refractivity contribution in [2.75, 3.05) is 5.43 Å². The van der Waals surface area contributed by atoms with E-state index >= 15 is 0 Å². The third-order valence-corrected chi connectivity index (χ3v) is 3.59. The van der Waals surface area contributed by atoms with Gasteiger partial charge >= 0.3 is 5.69 Å². The van der Waals surface area contributed by atoms with E-state index in [2.05, 4.69) is 10.5 Å². The van der Waals surface area contributed by atoms with Crippen molar-refractivity contribution in [1.29, 1.82) is 0 Å². The standard InChI is InChI=1S/C13H8Cl2N4O4/c14-10-3-1-2-8(13(10)15)7-16-17-11-5-4-9(18(20)21)6-12(11)19(22)23/h1-7,17H/b16-7-. The third-order valence-electron chi connectivity index (χ3n) is 2.76. The van der Waals surface area contributed by atoms with E-state index in [1.807, 2.05) is 0 Å². The van der Waals surface area contributed by atoms with E-state index in [4.69, 9.17) is 23.2 Å². The molecule has 1 N–H and O–H groups in total. The van der Waals surface area contributed by atoms with Gasteiger partial charge in [-0.3, -0.25) is 25.7 Å². The number of halogens is 2. The second kappa shape index (κ2) is 7.03. The van der Waals surface area contributed by atoms with Gasteiger partial charge in [-0.05, 0) is 12.1 Å². The molecule has 0 unspecified atom stereocenters. The number of nitrogens with one attached hydrogen (secondary N) is 1. The van der Waals surface area contributed by atoms with Crippen molar-refractivity contribution in [2.24, 2.45) is 5.10 Å². The van der Waals surface area contributed by atoms with E-state index in [9.17, 15) is 20.2 Å². The summed E-state index contributed by atoms with van der Waals surface area (Å²) < 4.78 is 0. The van der Waals surface area contributed by atoms with Crippen LogP contribution in [0.2, 0.25) is 10.0 Å². The number of hydrogen-bond acceptors (Lipinski definition) is 6. The maximum atomic E-state index is 11.0. The number of nitrogens with zero attached hydrogens (tertiary/aromatic N) is 3. The van der Waals surface area contributed by atoms with Gasteiger partial charge in [0.1, 0.15) is 5.69 Å². The number of benzene rings is 2. The number of anilines is 1. The first kappa shape index (κ1) is 16.7. The zero-order valence-electron chi connectivity index (χ0n) is 11.3. The van der Waals surface area contributed by atoms with Gasteiger partial charge in [0.05, 0.1) is 32.2 Å². The molecule has 0 spiro atoms. The Bertz CT molecular complexity index is 811. The Morgan fingerprint density at radius 2 is 1.83 bits per heavy atom. The molecule has 0 aromatic heterocycles. The molecule has 2 aromatic carbocycles. The molecule has 2 rings (SSSR count). The summed E-state index contributed by atoms with van der Waals surface area (Å²) in [5.41, 5.74) is 2.13. The van der Waals surface area contributed by atoms with Crippen molar-refractivity contribution in [1.82, 2.24) is 0 Å². The highest BCUT2D eigenvalue weighted by atomic mass is 35.5. The SMILES string of the molecule is O=[N+]([O-])c1ccc(N/N=C\c2cccc(Cl)c2Cl)c([N+](=O)[O-])c1. The van der Waals surface area contributed by atoms with Gasteiger partial charge in [0, 0.05) is 11.6 Å². The lowest BCUT2D eigenvalue weighted by Crippen LogP contribution is -1.99. The minimum Gasteiger partial charge on any atom is -0.272 e. The molecule has 0 aliphatic carbocycles. The van der Waals surface area contributed by atoms with Crippen molar-refractivity contribution < 1.29 is 9.85 Å². The van der Waals surface area contributed by atoms with Crippen LogP contribution >= 0.6 is 23.2 Å². The van der Waals surface area contributed by atoms with Gasteiger partial charge in [-0.25, -0.2) is 0 Å². The maximum Gasteiger partial charge on any atom is 0.301 e. The summed E-state index contributed by atoms with van der Waals surface area (Å²) in [6.07, 6.45) is 1.33. The maximum absolute atomic E-state index is 11.0. The molecule has 0 saturated heterocycles.